The molecule has 2 aromatic rings. The number of halogens is 3. The number of hydrogen-bond donors (Lipinski definition) is 1. The summed E-state index contributed by atoms with van der Waals surface area (Å²) in [7, 11) is 0. The van der Waals surface area contributed by atoms with Gasteiger partial charge in [0.1, 0.15) is 5.82 Å². The maximum absolute atomic E-state index is 13.4. The van der Waals surface area contributed by atoms with Crippen molar-refractivity contribution >= 4 is 11.7 Å². The van der Waals surface area contributed by atoms with Gasteiger partial charge in [0.25, 0.3) is 0 Å². The molecule has 0 radical (unpaired) electrons. The highest BCUT2D eigenvalue weighted by Gasteiger charge is 2.37. The fourth-order valence-electron chi connectivity index (χ4n) is 4.53. The van der Waals surface area contributed by atoms with Crippen LogP contribution in [0, 0.1) is 12.8 Å². The standard InChI is InChI=1S/C22H24F3N3O/c1-14-5-2-7-17-16(14)9-10-19(17)27-21(29)15-6-4-12-28(13-15)20-18(22(23,24)25)8-3-11-26-20/h2-3,5,7-8,11,15,19H,4,6,9-10,12-13H2,1H3,(H,27,29). The van der Waals surface area contributed by atoms with E-state index in [-0.39, 0.29) is 30.2 Å². The number of anilines is 1. The van der Waals surface area contributed by atoms with Gasteiger partial charge < -0.3 is 10.2 Å². The van der Waals surface area contributed by atoms with Crippen molar-refractivity contribution in [2.24, 2.45) is 5.92 Å². The number of hydrogen-bond acceptors (Lipinski definition) is 3. The van der Waals surface area contributed by atoms with Gasteiger partial charge in [-0.2, -0.15) is 13.2 Å². The Bertz CT molecular complexity index is 912. The van der Waals surface area contributed by atoms with Crippen molar-refractivity contribution in [2.75, 3.05) is 18.0 Å². The minimum Gasteiger partial charge on any atom is -0.355 e. The molecular weight excluding hydrogens is 379 g/mol. The first-order valence-electron chi connectivity index (χ1n) is 10.0. The monoisotopic (exact) mass is 403 g/mol. The van der Waals surface area contributed by atoms with Crippen LogP contribution < -0.4 is 10.2 Å². The highest BCUT2D eigenvalue weighted by Crippen LogP contribution is 2.37. The SMILES string of the molecule is Cc1cccc2c1CCC2NC(=O)C1CCCN(c2ncccc2C(F)(F)F)C1. The molecule has 1 aromatic heterocycles. The summed E-state index contributed by atoms with van der Waals surface area (Å²) in [5, 5.41) is 3.14. The van der Waals surface area contributed by atoms with Crippen molar-refractivity contribution in [1.82, 2.24) is 10.3 Å². The van der Waals surface area contributed by atoms with Gasteiger partial charge in [0.2, 0.25) is 5.91 Å². The summed E-state index contributed by atoms with van der Waals surface area (Å²) < 4.78 is 40.1. The van der Waals surface area contributed by atoms with E-state index in [1.54, 1.807) is 4.90 Å². The Hall–Kier alpha value is -2.57. The lowest BCUT2D eigenvalue weighted by atomic mass is 9.95. The maximum Gasteiger partial charge on any atom is 0.419 e. The molecule has 0 saturated carbocycles. The molecule has 4 nitrogen and oxygen atoms in total. The van der Waals surface area contributed by atoms with Crippen LogP contribution >= 0.6 is 0 Å². The number of nitrogens with one attached hydrogen (secondary N) is 1. The lowest BCUT2D eigenvalue weighted by molar-refractivity contribution is -0.137. The third-order valence-corrected chi connectivity index (χ3v) is 6.01. The Morgan fingerprint density at radius 3 is 2.83 bits per heavy atom. The first kappa shape index (κ1) is 19.7. The van der Waals surface area contributed by atoms with Crippen LogP contribution in [0.2, 0.25) is 0 Å². The van der Waals surface area contributed by atoms with Gasteiger partial charge >= 0.3 is 6.18 Å². The second kappa shape index (κ2) is 7.69. The molecule has 2 unspecified atom stereocenters. The number of carbonyl (C=O) groups excluding carboxylic acids is 1. The van der Waals surface area contributed by atoms with Gasteiger partial charge in [0.15, 0.2) is 0 Å². The molecule has 2 aliphatic rings. The van der Waals surface area contributed by atoms with Crippen molar-refractivity contribution in [1.29, 1.82) is 0 Å². The van der Waals surface area contributed by atoms with Crippen LogP contribution in [0.5, 0.6) is 0 Å². The molecule has 1 aliphatic heterocycles. The molecule has 154 valence electrons. The Morgan fingerprint density at radius 1 is 1.21 bits per heavy atom. The van der Waals surface area contributed by atoms with Crippen LogP contribution in [0.15, 0.2) is 36.5 Å². The van der Waals surface area contributed by atoms with E-state index in [2.05, 4.69) is 29.4 Å². The van der Waals surface area contributed by atoms with E-state index in [4.69, 9.17) is 0 Å². The largest absolute Gasteiger partial charge is 0.419 e. The van der Waals surface area contributed by atoms with Gasteiger partial charge in [-0.25, -0.2) is 4.98 Å². The molecule has 1 aliphatic carbocycles. The molecule has 7 heteroatoms. The Balaban J connectivity index is 1.48. The molecule has 2 heterocycles. The zero-order valence-electron chi connectivity index (χ0n) is 16.3. The van der Waals surface area contributed by atoms with E-state index >= 15 is 0 Å². The van der Waals surface area contributed by atoms with Crippen molar-refractivity contribution in [2.45, 2.75) is 44.8 Å². The molecule has 0 bridgehead atoms. The van der Waals surface area contributed by atoms with Crippen molar-refractivity contribution in [3.05, 3.63) is 58.8 Å². The summed E-state index contributed by atoms with van der Waals surface area (Å²) in [5.41, 5.74) is 2.95. The number of rotatable bonds is 3. The summed E-state index contributed by atoms with van der Waals surface area (Å²) in [6.45, 7) is 2.79. The molecule has 4 rings (SSSR count). The van der Waals surface area contributed by atoms with Gasteiger partial charge in [-0.1, -0.05) is 18.2 Å². The van der Waals surface area contributed by atoms with Crippen LogP contribution in [-0.2, 0) is 17.4 Å². The fourth-order valence-corrected chi connectivity index (χ4v) is 4.53. The zero-order chi connectivity index (χ0) is 20.6. The smallest absolute Gasteiger partial charge is 0.355 e. The third-order valence-electron chi connectivity index (χ3n) is 6.01. The molecular formula is C22H24F3N3O. The quantitative estimate of drug-likeness (QED) is 0.825. The van der Waals surface area contributed by atoms with E-state index in [1.165, 1.54) is 23.4 Å². The zero-order valence-corrected chi connectivity index (χ0v) is 16.3. The summed E-state index contributed by atoms with van der Waals surface area (Å²) in [4.78, 5) is 18.5. The van der Waals surface area contributed by atoms with Gasteiger partial charge in [0, 0.05) is 19.3 Å². The predicted molar refractivity (Wildman–Crippen MR) is 105 cm³/mol. The van der Waals surface area contributed by atoms with Crippen molar-refractivity contribution in [3.8, 4) is 0 Å². The predicted octanol–water partition coefficient (Wildman–Crippen LogP) is 4.43. The Morgan fingerprint density at radius 2 is 2.03 bits per heavy atom. The summed E-state index contributed by atoms with van der Waals surface area (Å²) in [6.07, 6.45) is 0.0277. The molecule has 1 saturated heterocycles. The number of benzene rings is 1. The van der Waals surface area contributed by atoms with Crippen LogP contribution in [-0.4, -0.2) is 24.0 Å². The second-order valence-corrected chi connectivity index (χ2v) is 7.90. The first-order chi connectivity index (χ1) is 13.8. The highest BCUT2D eigenvalue weighted by molar-refractivity contribution is 5.80. The molecule has 0 spiro atoms. The minimum absolute atomic E-state index is 0.0200. The van der Waals surface area contributed by atoms with Gasteiger partial charge in [-0.15, -0.1) is 0 Å². The third kappa shape index (κ3) is 3.95. The van der Waals surface area contributed by atoms with Crippen LogP contribution in [0.4, 0.5) is 19.0 Å². The number of alkyl halides is 3. The van der Waals surface area contributed by atoms with E-state index in [9.17, 15) is 18.0 Å². The van der Waals surface area contributed by atoms with Crippen LogP contribution in [0.3, 0.4) is 0 Å². The highest BCUT2D eigenvalue weighted by atomic mass is 19.4. The topological polar surface area (TPSA) is 45.2 Å². The number of amides is 1. The second-order valence-electron chi connectivity index (χ2n) is 7.90. The van der Waals surface area contributed by atoms with Crippen molar-refractivity contribution < 1.29 is 18.0 Å². The maximum atomic E-state index is 13.4. The van der Waals surface area contributed by atoms with Crippen LogP contribution in [0.25, 0.3) is 0 Å². The number of fused-ring (bicyclic) bond motifs is 1. The number of pyridine rings is 1. The number of aryl methyl sites for hydroxylation is 1. The van der Waals surface area contributed by atoms with E-state index in [0.717, 1.165) is 24.5 Å². The Kier molecular flexibility index (Phi) is 5.23. The number of piperidine rings is 1. The minimum atomic E-state index is -4.47. The normalized spacial score (nSPS) is 21.7. The number of aromatic nitrogens is 1. The summed E-state index contributed by atoms with van der Waals surface area (Å²) in [6, 6.07) is 8.45. The molecule has 2 atom stereocenters. The molecule has 1 N–H and O–H groups in total. The lowest BCUT2D eigenvalue weighted by Gasteiger charge is -2.34. The lowest BCUT2D eigenvalue weighted by Crippen LogP contribution is -2.44. The van der Waals surface area contributed by atoms with Gasteiger partial charge in [-0.3, -0.25) is 4.79 Å². The molecule has 29 heavy (non-hydrogen) atoms. The average molecular weight is 403 g/mol. The molecule has 1 aromatic carbocycles. The van der Waals surface area contributed by atoms with E-state index in [0.29, 0.717) is 19.4 Å². The van der Waals surface area contributed by atoms with Gasteiger partial charge in [-0.05, 0) is 61.4 Å². The van der Waals surface area contributed by atoms with E-state index in [1.807, 2.05) is 6.07 Å². The van der Waals surface area contributed by atoms with Crippen molar-refractivity contribution in [3.63, 3.8) is 0 Å². The molecule has 1 amide bonds. The summed E-state index contributed by atoms with van der Waals surface area (Å²) in [5.74, 6) is -0.515. The fraction of sp³-hybridized carbons (Fsp3) is 0.455. The van der Waals surface area contributed by atoms with E-state index < -0.39 is 11.7 Å². The van der Waals surface area contributed by atoms with Crippen LogP contribution in [0.1, 0.15) is 47.6 Å². The molecule has 1 fully saturated rings. The first-order valence-corrected chi connectivity index (χ1v) is 10.0. The average Bonchev–Trinajstić information content (AvgIpc) is 3.11. The number of nitrogens with zero attached hydrogens (tertiary/aromatic N) is 2. The Labute approximate surface area is 168 Å². The van der Waals surface area contributed by atoms with Gasteiger partial charge in [0.05, 0.1) is 17.5 Å². The summed E-state index contributed by atoms with van der Waals surface area (Å²) >= 11 is 0. The number of carbonyl (C=O) groups is 1.